The van der Waals surface area contributed by atoms with Crippen LogP contribution in [0.5, 0.6) is 11.5 Å². The topological polar surface area (TPSA) is 31.4 Å². The molecule has 0 unspecified atom stereocenters. The van der Waals surface area contributed by atoms with Crippen molar-refractivity contribution in [3.63, 3.8) is 0 Å². The van der Waals surface area contributed by atoms with Gasteiger partial charge in [0.2, 0.25) is 0 Å². The van der Waals surface area contributed by atoms with Crippen LogP contribution in [0.3, 0.4) is 0 Å². The number of aromatic nitrogens is 1. The zero-order valence-electron chi connectivity index (χ0n) is 11.2. The monoisotopic (exact) mass is 321 g/mol. The van der Waals surface area contributed by atoms with Crippen LogP contribution in [-0.4, -0.2) is 12.1 Å². The van der Waals surface area contributed by atoms with Gasteiger partial charge in [-0.3, -0.25) is 4.98 Å². The molecule has 0 aliphatic carbocycles. The van der Waals surface area contributed by atoms with Crippen molar-refractivity contribution in [1.29, 1.82) is 0 Å². The Morgan fingerprint density at radius 3 is 2.74 bits per heavy atom. The molecule has 100 valence electrons. The molecule has 3 nitrogen and oxygen atoms in total. The van der Waals surface area contributed by atoms with E-state index >= 15 is 0 Å². The highest BCUT2D eigenvalue weighted by Gasteiger charge is 2.09. The van der Waals surface area contributed by atoms with Crippen LogP contribution >= 0.6 is 15.9 Å². The smallest absolute Gasteiger partial charge is 0.131 e. The van der Waals surface area contributed by atoms with E-state index in [0.29, 0.717) is 6.61 Å². The Bertz CT molecular complexity index is 584. The number of nitrogens with zero attached hydrogens (tertiary/aromatic N) is 1. The summed E-state index contributed by atoms with van der Waals surface area (Å²) in [6.07, 6.45) is 1.81. The van der Waals surface area contributed by atoms with Gasteiger partial charge in [0.05, 0.1) is 12.8 Å². The molecule has 0 fully saturated rings. The van der Waals surface area contributed by atoms with Crippen LogP contribution in [0.25, 0.3) is 0 Å². The molecule has 1 aromatic carbocycles. The summed E-state index contributed by atoms with van der Waals surface area (Å²) in [5.74, 6) is 1.69. The molecule has 0 aliphatic rings. The Kier molecular flexibility index (Phi) is 4.43. The second-order valence-electron chi connectivity index (χ2n) is 4.29. The van der Waals surface area contributed by atoms with Crippen molar-refractivity contribution in [3.8, 4) is 11.5 Å². The molecule has 0 bridgehead atoms. The van der Waals surface area contributed by atoms with Crippen LogP contribution in [0.1, 0.15) is 16.8 Å². The Morgan fingerprint density at radius 1 is 1.26 bits per heavy atom. The Balaban J connectivity index is 2.16. The average molecular weight is 322 g/mol. The Morgan fingerprint density at radius 2 is 2.05 bits per heavy atom. The van der Waals surface area contributed by atoms with Crippen molar-refractivity contribution in [2.75, 3.05) is 7.11 Å². The molecule has 2 rings (SSSR count). The fourth-order valence-electron chi connectivity index (χ4n) is 1.93. The standard InChI is InChI=1S/C15H16BrNO2/c1-10-8-17-14(11(2)15(10)18-3)9-19-13-6-4-5-12(16)7-13/h4-8H,9H2,1-3H3. The first-order valence-electron chi connectivity index (χ1n) is 5.99. The number of halogens is 1. The van der Waals surface area contributed by atoms with E-state index in [1.807, 2.05) is 44.3 Å². The molecule has 0 N–H and O–H groups in total. The lowest BCUT2D eigenvalue weighted by Crippen LogP contribution is -2.04. The first kappa shape index (κ1) is 13.9. The van der Waals surface area contributed by atoms with Crippen LogP contribution in [0, 0.1) is 13.8 Å². The minimum Gasteiger partial charge on any atom is -0.496 e. The largest absolute Gasteiger partial charge is 0.496 e. The number of aryl methyl sites for hydroxylation is 1. The number of benzene rings is 1. The third-order valence-electron chi connectivity index (χ3n) is 2.92. The summed E-state index contributed by atoms with van der Waals surface area (Å²) < 4.78 is 12.1. The quantitative estimate of drug-likeness (QED) is 0.851. The van der Waals surface area contributed by atoms with Gasteiger partial charge in [0, 0.05) is 21.8 Å². The average Bonchev–Trinajstić information content (AvgIpc) is 2.38. The molecule has 0 atom stereocenters. The van der Waals surface area contributed by atoms with E-state index in [4.69, 9.17) is 9.47 Å². The maximum Gasteiger partial charge on any atom is 0.131 e. The van der Waals surface area contributed by atoms with E-state index in [1.54, 1.807) is 7.11 Å². The van der Waals surface area contributed by atoms with E-state index in [-0.39, 0.29) is 0 Å². The van der Waals surface area contributed by atoms with Crippen LogP contribution in [0.4, 0.5) is 0 Å². The van der Waals surface area contributed by atoms with E-state index in [1.165, 1.54) is 0 Å². The van der Waals surface area contributed by atoms with Gasteiger partial charge < -0.3 is 9.47 Å². The summed E-state index contributed by atoms with van der Waals surface area (Å²) in [5.41, 5.74) is 2.95. The molecule has 1 aromatic heterocycles. The van der Waals surface area contributed by atoms with E-state index in [0.717, 1.165) is 32.8 Å². The molecule has 0 amide bonds. The minimum atomic E-state index is 0.429. The predicted molar refractivity (Wildman–Crippen MR) is 78.7 cm³/mol. The van der Waals surface area contributed by atoms with Crippen LogP contribution in [-0.2, 0) is 6.61 Å². The summed E-state index contributed by atoms with van der Waals surface area (Å²) in [5, 5.41) is 0. The molecule has 0 spiro atoms. The van der Waals surface area contributed by atoms with Crippen molar-refractivity contribution < 1.29 is 9.47 Å². The number of methoxy groups -OCH3 is 1. The van der Waals surface area contributed by atoms with Gasteiger partial charge >= 0.3 is 0 Å². The molecule has 1 heterocycles. The predicted octanol–water partition coefficient (Wildman–Crippen LogP) is 4.05. The highest BCUT2D eigenvalue weighted by molar-refractivity contribution is 9.10. The molecule has 0 saturated carbocycles. The number of pyridine rings is 1. The Labute approximate surface area is 121 Å². The minimum absolute atomic E-state index is 0.429. The molecule has 2 aromatic rings. The second kappa shape index (κ2) is 6.06. The molecule has 0 aliphatic heterocycles. The van der Waals surface area contributed by atoms with Gasteiger partial charge in [0.1, 0.15) is 18.1 Å². The van der Waals surface area contributed by atoms with Crippen molar-refractivity contribution in [1.82, 2.24) is 4.98 Å². The summed E-state index contributed by atoms with van der Waals surface area (Å²) in [6.45, 7) is 4.41. The molecule has 4 heteroatoms. The van der Waals surface area contributed by atoms with Crippen LogP contribution in [0.2, 0.25) is 0 Å². The number of hydrogen-bond acceptors (Lipinski definition) is 3. The third kappa shape index (κ3) is 3.26. The zero-order valence-corrected chi connectivity index (χ0v) is 12.8. The molecular formula is C15H16BrNO2. The van der Waals surface area contributed by atoms with Gasteiger partial charge in [-0.2, -0.15) is 0 Å². The third-order valence-corrected chi connectivity index (χ3v) is 3.41. The summed E-state index contributed by atoms with van der Waals surface area (Å²) in [7, 11) is 1.67. The van der Waals surface area contributed by atoms with E-state index in [2.05, 4.69) is 20.9 Å². The first-order chi connectivity index (χ1) is 9.11. The van der Waals surface area contributed by atoms with Crippen molar-refractivity contribution in [3.05, 3.63) is 51.8 Å². The van der Waals surface area contributed by atoms with Gasteiger partial charge in [-0.05, 0) is 32.0 Å². The molecule has 0 radical (unpaired) electrons. The van der Waals surface area contributed by atoms with Gasteiger partial charge in [-0.15, -0.1) is 0 Å². The van der Waals surface area contributed by atoms with Gasteiger partial charge in [-0.25, -0.2) is 0 Å². The van der Waals surface area contributed by atoms with E-state index in [9.17, 15) is 0 Å². The van der Waals surface area contributed by atoms with Crippen LogP contribution < -0.4 is 9.47 Å². The van der Waals surface area contributed by atoms with Crippen LogP contribution in [0.15, 0.2) is 34.9 Å². The normalized spacial score (nSPS) is 10.3. The maximum absolute atomic E-state index is 5.75. The number of rotatable bonds is 4. The molecular weight excluding hydrogens is 306 g/mol. The fraction of sp³-hybridized carbons (Fsp3) is 0.267. The lowest BCUT2D eigenvalue weighted by Gasteiger charge is -2.13. The summed E-state index contributed by atoms with van der Waals surface area (Å²) >= 11 is 3.42. The molecule has 19 heavy (non-hydrogen) atoms. The van der Waals surface area contributed by atoms with Crippen molar-refractivity contribution >= 4 is 15.9 Å². The van der Waals surface area contributed by atoms with E-state index < -0.39 is 0 Å². The van der Waals surface area contributed by atoms with Gasteiger partial charge in [0.25, 0.3) is 0 Å². The summed E-state index contributed by atoms with van der Waals surface area (Å²) in [4.78, 5) is 4.41. The zero-order chi connectivity index (χ0) is 13.8. The van der Waals surface area contributed by atoms with Crippen molar-refractivity contribution in [2.45, 2.75) is 20.5 Å². The van der Waals surface area contributed by atoms with Gasteiger partial charge in [-0.1, -0.05) is 22.0 Å². The first-order valence-corrected chi connectivity index (χ1v) is 6.78. The highest BCUT2D eigenvalue weighted by Crippen LogP contribution is 2.25. The Hall–Kier alpha value is -1.55. The highest BCUT2D eigenvalue weighted by atomic mass is 79.9. The second-order valence-corrected chi connectivity index (χ2v) is 5.21. The maximum atomic E-state index is 5.75. The van der Waals surface area contributed by atoms with Crippen molar-refractivity contribution in [2.24, 2.45) is 0 Å². The van der Waals surface area contributed by atoms with Gasteiger partial charge in [0.15, 0.2) is 0 Å². The summed E-state index contributed by atoms with van der Waals surface area (Å²) in [6, 6.07) is 7.76. The SMILES string of the molecule is COc1c(C)cnc(COc2cccc(Br)c2)c1C. The fourth-order valence-corrected chi connectivity index (χ4v) is 2.30. The number of hydrogen-bond donors (Lipinski definition) is 0. The number of ether oxygens (including phenoxy) is 2. The lowest BCUT2D eigenvalue weighted by atomic mass is 10.1. The lowest BCUT2D eigenvalue weighted by molar-refractivity contribution is 0.298. The molecule has 0 saturated heterocycles.